The maximum Gasteiger partial charge on any atom is 0.240 e. The van der Waals surface area contributed by atoms with Gasteiger partial charge in [0, 0.05) is 6.54 Å². The van der Waals surface area contributed by atoms with Crippen molar-refractivity contribution in [3.8, 4) is 0 Å². The normalized spacial score (nSPS) is 12.1. The summed E-state index contributed by atoms with van der Waals surface area (Å²) in [4.78, 5) is 7.44. The van der Waals surface area contributed by atoms with Crippen LogP contribution in [0.15, 0.2) is 53.7 Å². The summed E-state index contributed by atoms with van der Waals surface area (Å²) in [5.41, 5.74) is 3.75. The number of aromatic amines is 1. The molecule has 0 unspecified atom stereocenters. The average molecular weight is 329 g/mol. The Morgan fingerprint density at radius 2 is 1.87 bits per heavy atom. The largest absolute Gasteiger partial charge is 0.345 e. The molecule has 2 N–H and O–H groups in total. The van der Waals surface area contributed by atoms with Crippen molar-refractivity contribution in [2.75, 3.05) is 0 Å². The van der Waals surface area contributed by atoms with Crippen LogP contribution in [0.1, 0.15) is 30.9 Å². The second kappa shape index (κ2) is 6.14. The number of rotatable bonds is 5. The van der Waals surface area contributed by atoms with Crippen LogP contribution in [-0.2, 0) is 16.6 Å². The van der Waals surface area contributed by atoms with E-state index in [1.54, 1.807) is 18.5 Å². The minimum absolute atomic E-state index is 0.239. The lowest BCUT2D eigenvalue weighted by atomic mass is 10.0. The van der Waals surface area contributed by atoms with Crippen LogP contribution >= 0.6 is 0 Å². The van der Waals surface area contributed by atoms with Gasteiger partial charge in [-0.3, -0.25) is 0 Å². The van der Waals surface area contributed by atoms with E-state index in [4.69, 9.17) is 0 Å². The fourth-order valence-electron chi connectivity index (χ4n) is 2.39. The molecule has 23 heavy (non-hydrogen) atoms. The monoisotopic (exact) mass is 329 g/mol. The minimum atomic E-state index is -3.52. The van der Waals surface area contributed by atoms with E-state index in [9.17, 15) is 8.42 Å². The predicted octanol–water partition coefficient (Wildman–Crippen LogP) is 3.16. The van der Waals surface area contributed by atoms with Gasteiger partial charge in [0.2, 0.25) is 10.0 Å². The SMILES string of the molecule is CC(C)c1ccc(S(=O)(=O)NCc2ccc3nc[nH]c3c2)cc1. The smallest absolute Gasteiger partial charge is 0.240 e. The molecule has 0 fully saturated rings. The van der Waals surface area contributed by atoms with Gasteiger partial charge in [-0.1, -0.05) is 32.0 Å². The molecule has 0 spiro atoms. The third kappa shape index (κ3) is 3.43. The molecule has 0 saturated carbocycles. The number of nitrogens with zero attached hydrogens (tertiary/aromatic N) is 1. The van der Waals surface area contributed by atoms with Gasteiger partial charge in [-0.05, 0) is 41.3 Å². The first-order chi connectivity index (χ1) is 11.0. The number of H-pyrrole nitrogens is 1. The molecule has 0 aliphatic carbocycles. The Labute approximate surface area is 135 Å². The van der Waals surface area contributed by atoms with Crippen LogP contribution < -0.4 is 4.72 Å². The maximum absolute atomic E-state index is 12.4. The molecular formula is C17H19N3O2S. The van der Waals surface area contributed by atoms with E-state index in [0.717, 1.165) is 22.2 Å². The fraction of sp³-hybridized carbons (Fsp3) is 0.235. The molecule has 0 saturated heterocycles. The Bertz CT molecular complexity index is 912. The highest BCUT2D eigenvalue weighted by Gasteiger charge is 2.14. The van der Waals surface area contributed by atoms with E-state index in [0.29, 0.717) is 5.92 Å². The second-order valence-corrected chi connectivity index (χ2v) is 7.57. The lowest BCUT2D eigenvalue weighted by Gasteiger charge is -2.09. The number of sulfonamides is 1. The molecular weight excluding hydrogens is 310 g/mol. The van der Waals surface area contributed by atoms with Crippen molar-refractivity contribution in [1.29, 1.82) is 0 Å². The van der Waals surface area contributed by atoms with Gasteiger partial charge in [-0.2, -0.15) is 0 Å². The molecule has 0 atom stereocenters. The Balaban J connectivity index is 1.75. The van der Waals surface area contributed by atoms with Crippen LogP contribution in [0.2, 0.25) is 0 Å². The summed E-state index contributed by atoms with van der Waals surface area (Å²) in [5.74, 6) is 0.376. The molecule has 1 aromatic heterocycles. The van der Waals surface area contributed by atoms with Crippen LogP contribution in [0.4, 0.5) is 0 Å². The molecule has 6 heteroatoms. The van der Waals surface area contributed by atoms with Gasteiger partial charge in [-0.15, -0.1) is 0 Å². The quantitative estimate of drug-likeness (QED) is 0.755. The molecule has 0 bridgehead atoms. The number of hydrogen-bond donors (Lipinski definition) is 2. The lowest BCUT2D eigenvalue weighted by Crippen LogP contribution is -2.23. The van der Waals surface area contributed by atoms with Gasteiger partial charge in [-0.25, -0.2) is 18.1 Å². The Morgan fingerprint density at radius 1 is 1.13 bits per heavy atom. The van der Waals surface area contributed by atoms with E-state index in [-0.39, 0.29) is 11.4 Å². The molecule has 0 amide bonds. The van der Waals surface area contributed by atoms with Crippen molar-refractivity contribution in [2.45, 2.75) is 31.2 Å². The summed E-state index contributed by atoms with van der Waals surface area (Å²) in [6.07, 6.45) is 1.62. The summed E-state index contributed by atoms with van der Waals surface area (Å²) in [7, 11) is -3.52. The van der Waals surface area contributed by atoms with E-state index in [2.05, 4.69) is 28.5 Å². The van der Waals surface area contributed by atoms with E-state index in [1.165, 1.54) is 0 Å². The zero-order valence-corrected chi connectivity index (χ0v) is 13.9. The number of benzene rings is 2. The standard InChI is InChI=1S/C17H19N3O2S/c1-12(2)14-4-6-15(7-5-14)23(21,22)20-10-13-3-8-16-17(9-13)19-11-18-16/h3-9,11-12,20H,10H2,1-2H3,(H,18,19). The Kier molecular flexibility index (Phi) is 4.19. The first-order valence-corrected chi connectivity index (χ1v) is 8.96. The topological polar surface area (TPSA) is 74.8 Å². The van der Waals surface area contributed by atoms with Gasteiger partial charge in [0.15, 0.2) is 0 Å². The van der Waals surface area contributed by atoms with Crippen molar-refractivity contribution in [2.24, 2.45) is 0 Å². The van der Waals surface area contributed by atoms with Crippen LogP contribution in [0.5, 0.6) is 0 Å². The minimum Gasteiger partial charge on any atom is -0.345 e. The van der Waals surface area contributed by atoms with Crippen molar-refractivity contribution >= 4 is 21.1 Å². The summed E-state index contributed by atoms with van der Waals surface area (Å²) in [6, 6.07) is 12.6. The first-order valence-electron chi connectivity index (χ1n) is 7.47. The van der Waals surface area contributed by atoms with Gasteiger partial charge in [0.1, 0.15) is 0 Å². The highest BCUT2D eigenvalue weighted by atomic mass is 32.2. The Hall–Kier alpha value is -2.18. The van der Waals surface area contributed by atoms with Crippen molar-refractivity contribution in [1.82, 2.24) is 14.7 Å². The van der Waals surface area contributed by atoms with Crippen molar-refractivity contribution < 1.29 is 8.42 Å². The molecule has 0 aliphatic heterocycles. The summed E-state index contributed by atoms with van der Waals surface area (Å²) in [6.45, 7) is 4.39. The van der Waals surface area contributed by atoms with Crippen LogP contribution in [0.25, 0.3) is 11.0 Å². The molecule has 3 rings (SSSR count). The number of imidazole rings is 1. The van der Waals surface area contributed by atoms with Gasteiger partial charge >= 0.3 is 0 Å². The summed E-state index contributed by atoms with van der Waals surface area (Å²) in [5, 5.41) is 0. The highest BCUT2D eigenvalue weighted by Crippen LogP contribution is 2.18. The number of aromatic nitrogens is 2. The third-order valence-electron chi connectivity index (χ3n) is 3.81. The van der Waals surface area contributed by atoms with Crippen LogP contribution in [0.3, 0.4) is 0 Å². The molecule has 3 aromatic rings. The molecule has 120 valence electrons. The Morgan fingerprint density at radius 3 is 2.57 bits per heavy atom. The fourth-order valence-corrected chi connectivity index (χ4v) is 3.40. The van der Waals surface area contributed by atoms with Gasteiger partial charge < -0.3 is 4.98 Å². The van der Waals surface area contributed by atoms with Crippen molar-refractivity contribution in [3.63, 3.8) is 0 Å². The number of nitrogens with one attached hydrogen (secondary N) is 2. The zero-order chi connectivity index (χ0) is 16.4. The highest BCUT2D eigenvalue weighted by molar-refractivity contribution is 7.89. The average Bonchev–Trinajstić information content (AvgIpc) is 3.01. The zero-order valence-electron chi connectivity index (χ0n) is 13.1. The first kappa shape index (κ1) is 15.7. The van der Waals surface area contributed by atoms with Gasteiger partial charge in [0.25, 0.3) is 0 Å². The molecule has 5 nitrogen and oxygen atoms in total. The second-order valence-electron chi connectivity index (χ2n) is 5.80. The third-order valence-corrected chi connectivity index (χ3v) is 5.23. The molecule has 1 heterocycles. The molecule has 0 radical (unpaired) electrons. The van der Waals surface area contributed by atoms with Crippen molar-refractivity contribution in [3.05, 3.63) is 59.9 Å². The lowest BCUT2D eigenvalue weighted by molar-refractivity contribution is 0.581. The molecule has 2 aromatic carbocycles. The number of fused-ring (bicyclic) bond motifs is 1. The summed E-state index contributed by atoms with van der Waals surface area (Å²) >= 11 is 0. The van der Waals surface area contributed by atoms with E-state index >= 15 is 0 Å². The van der Waals surface area contributed by atoms with E-state index in [1.807, 2.05) is 30.3 Å². The van der Waals surface area contributed by atoms with Gasteiger partial charge in [0.05, 0.1) is 22.3 Å². The predicted molar refractivity (Wildman–Crippen MR) is 90.7 cm³/mol. The molecule has 0 aliphatic rings. The van der Waals surface area contributed by atoms with Crippen LogP contribution in [-0.4, -0.2) is 18.4 Å². The van der Waals surface area contributed by atoms with E-state index < -0.39 is 10.0 Å². The van der Waals surface area contributed by atoms with Crippen LogP contribution in [0, 0.1) is 0 Å². The maximum atomic E-state index is 12.4. The summed E-state index contributed by atoms with van der Waals surface area (Å²) < 4.78 is 27.4. The number of hydrogen-bond acceptors (Lipinski definition) is 3.